The lowest BCUT2D eigenvalue weighted by atomic mass is 10.2. The average Bonchev–Trinajstić information content (AvgIpc) is 3.40. The van der Waals surface area contributed by atoms with Crippen LogP contribution in [0.5, 0.6) is 0 Å². The third-order valence-electron chi connectivity index (χ3n) is 5.09. The fourth-order valence-electron chi connectivity index (χ4n) is 3.48. The number of rotatable bonds is 5. The van der Waals surface area contributed by atoms with Crippen molar-refractivity contribution in [2.45, 2.75) is 32.4 Å². The minimum atomic E-state index is -0.0292. The zero-order valence-electron chi connectivity index (χ0n) is 15.1. The molecule has 1 saturated carbocycles. The van der Waals surface area contributed by atoms with E-state index in [0.29, 0.717) is 24.8 Å². The van der Waals surface area contributed by atoms with E-state index in [4.69, 9.17) is 0 Å². The zero-order chi connectivity index (χ0) is 18.1. The van der Waals surface area contributed by atoms with Gasteiger partial charge in [0.25, 0.3) is 5.56 Å². The van der Waals surface area contributed by atoms with Crippen LogP contribution < -0.4 is 10.9 Å². The highest BCUT2D eigenvalue weighted by Crippen LogP contribution is 2.18. The Morgan fingerprint density at radius 3 is 2.65 bits per heavy atom. The zero-order valence-corrected chi connectivity index (χ0v) is 15.1. The number of hydrogen-bond acceptors (Lipinski definition) is 5. The van der Waals surface area contributed by atoms with Gasteiger partial charge >= 0.3 is 0 Å². The normalized spacial score (nSPS) is 19.0. The molecule has 2 aromatic rings. The quantitative estimate of drug-likeness (QED) is 0.841. The molecule has 138 valence electrons. The lowest BCUT2D eigenvalue weighted by Crippen LogP contribution is -2.49. The Bertz CT molecular complexity index is 866. The molecule has 1 N–H and O–H groups in total. The monoisotopic (exact) mass is 355 g/mol. The first kappa shape index (κ1) is 17.2. The Morgan fingerprint density at radius 2 is 1.92 bits per heavy atom. The second kappa shape index (κ2) is 7.17. The van der Waals surface area contributed by atoms with Gasteiger partial charge in [-0.05, 0) is 31.9 Å². The van der Waals surface area contributed by atoms with Gasteiger partial charge in [0.2, 0.25) is 5.91 Å². The fourth-order valence-corrected chi connectivity index (χ4v) is 3.48. The van der Waals surface area contributed by atoms with E-state index in [1.807, 2.05) is 25.1 Å². The van der Waals surface area contributed by atoms with E-state index < -0.39 is 0 Å². The van der Waals surface area contributed by atoms with Crippen molar-refractivity contribution < 1.29 is 4.79 Å². The van der Waals surface area contributed by atoms with Gasteiger partial charge in [0, 0.05) is 50.5 Å². The number of hydrogen-bond donors (Lipinski definition) is 1. The smallest absolute Gasteiger partial charge is 0.258 e. The highest BCUT2D eigenvalue weighted by atomic mass is 16.2. The number of fused-ring (bicyclic) bond motifs is 1. The van der Waals surface area contributed by atoms with Gasteiger partial charge in [-0.3, -0.25) is 23.8 Å². The topological polar surface area (TPSA) is 70.0 Å². The molecule has 2 fully saturated rings. The minimum absolute atomic E-state index is 0.0292. The summed E-state index contributed by atoms with van der Waals surface area (Å²) in [6.07, 6.45) is 2.25. The van der Waals surface area contributed by atoms with Crippen LogP contribution in [0.2, 0.25) is 0 Å². The summed E-state index contributed by atoms with van der Waals surface area (Å²) in [5.41, 5.74) is 2.37. The molecule has 0 unspecified atom stereocenters. The number of piperazine rings is 1. The summed E-state index contributed by atoms with van der Waals surface area (Å²) in [5, 5.41) is 3.04. The predicted molar refractivity (Wildman–Crippen MR) is 99.1 cm³/mol. The molecule has 7 nitrogen and oxygen atoms in total. The number of carbonyl (C=O) groups excluding carboxylic acids is 1. The van der Waals surface area contributed by atoms with Gasteiger partial charge in [-0.25, -0.2) is 4.98 Å². The lowest BCUT2D eigenvalue weighted by Gasteiger charge is -2.34. The number of amides is 1. The molecule has 1 aliphatic carbocycles. The molecule has 0 bridgehead atoms. The maximum atomic E-state index is 12.4. The molecule has 1 aliphatic heterocycles. The van der Waals surface area contributed by atoms with Gasteiger partial charge < -0.3 is 5.32 Å². The molecule has 2 aromatic heterocycles. The Labute approximate surface area is 152 Å². The molecule has 0 spiro atoms. The van der Waals surface area contributed by atoms with E-state index in [0.717, 1.165) is 50.4 Å². The molecule has 1 saturated heterocycles. The molecule has 0 aromatic carbocycles. The van der Waals surface area contributed by atoms with Crippen LogP contribution >= 0.6 is 0 Å². The molecule has 0 atom stereocenters. The standard InChI is InChI=1S/C19H25N5O2/c1-14-3-2-4-17-20-16(11-19(26)24(14)17)12-22-7-9-23(10-8-22)13-18(25)21-15-5-6-15/h2-4,11,15H,5-10,12-13H2,1H3,(H,21,25). The first-order valence-corrected chi connectivity index (χ1v) is 9.31. The van der Waals surface area contributed by atoms with Crippen LogP contribution in [0, 0.1) is 6.92 Å². The van der Waals surface area contributed by atoms with Crippen LogP contribution in [-0.4, -0.2) is 63.9 Å². The van der Waals surface area contributed by atoms with Crippen molar-refractivity contribution in [1.82, 2.24) is 24.5 Å². The largest absolute Gasteiger partial charge is 0.352 e. The minimum Gasteiger partial charge on any atom is -0.352 e. The number of aryl methyl sites for hydroxylation is 1. The molecule has 26 heavy (non-hydrogen) atoms. The summed E-state index contributed by atoms with van der Waals surface area (Å²) in [6.45, 7) is 6.56. The molecule has 2 aliphatic rings. The van der Waals surface area contributed by atoms with Crippen molar-refractivity contribution in [3.63, 3.8) is 0 Å². The summed E-state index contributed by atoms with van der Waals surface area (Å²) in [6, 6.07) is 7.76. The van der Waals surface area contributed by atoms with E-state index >= 15 is 0 Å². The van der Waals surface area contributed by atoms with Gasteiger partial charge in [0.05, 0.1) is 12.2 Å². The molecular weight excluding hydrogens is 330 g/mol. The van der Waals surface area contributed by atoms with Gasteiger partial charge in [0.1, 0.15) is 5.65 Å². The van der Waals surface area contributed by atoms with E-state index in [1.54, 1.807) is 10.5 Å². The summed E-state index contributed by atoms with van der Waals surface area (Å²) < 4.78 is 1.64. The van der Waals surface area contributed by atoms with E-state index in [-0.39, 0.29) is 11.5 Å². The van der Waals surface area contributed by atoms with Crippen LogP contribution in [0.4, 0.5) is 0 Å². The molecule has 4 rings (SSSR count). The van der Waals surface area contributed by atoms with Gasteiger partial charge in [0.15, 0.2) is 0 Å². The van der Waals surface area contributed by atoms with Crippen LogP contribution in [0.1, 0.15) is 24.2 Å². The second-order valence-electron chi connectivity index (χ2n) is 7.34. The number of pyridine rings is 1. The van der Waals surface area contributed by atoms with Crippen LogP contribution in [-0.2, 0) is 11.3 Å². The summed E-state index contributed by atoms with van der Waals surface area (Å²) in [4.78, 5) is 33.4. The maximum absolute atomic E-state index is 12.4. The summed E-state index contributed by atoms with van der Waals surface area (Å²) in [5.74, 6) is 0.139. The Kier molecular flexibility index (Phi) is 4.74. The first-order valence-electron chi connectivity index (χ1n) is 9.31. The van der Waals surface area contributed by atoms with E-state index in [9.17, 15) is 9.59 Å². The SMILES string of the molecule is Cc1cccc2nc(CN3CCN(CC(=O)NC4CC4)CC3)cc(=O)n12. The van der Waals surface area contributed by atoms with Gasteiger partial charge in [-0.1, -0.05) is 6.07 Å². The summed E-state index contributed by atoms with van der Waals surface area (Å²) in [7, 11) is 0. The summed E-state index contributed by atoms with van der Waals surface area (Å²) >= 11 is 0. The Morgan fingerprint density at radius 1 is 1.19 bits per heavy atom. The highest BCUT2D eigenvalue weighted by Gasteiger charge is 2.25. The second-order valence-corrected chi connectivity index (χ2v) is 7.34. The number of nitrogens with one attached hydrogen (secondary N) is 1. The van der Waals surface area contributed by atoms with Crippen molar-refractivity contribution >= 4 is 11.6 Å². The van der Waals surface area contributed by atoms with Crippen molar-refractivity contribution in [3.05, 3.63) is 46.0 Å². The van der Waals surface area contributed by atoms with Gasteiger partial charge in [-0.15, -0.1) is 0 Å². The molecule has 1 amide bonds. The van der Waals surface area contributed by atoms with Crippen molar-refractivity contribution in [3.8, 4) is 0 Å². The van der Waals surface area contributed by atoms with Crippen LogP contribution in [0.25, 0.3) is 5.65 Å². The third kappa shape index (κ3) is 3.94. The Hall–Kier alpha value is -2.25. The molecule has 0 radical (unpaired) electrons. The number of aromatic nitrogens is 2. The van der Waals surface area contributed by atoms with Crippen LogP contribution in [0.3, 0.4) is 0 Å². The van der Waals surface area contributed by atoms with Crippen molar-refractivity contribution in [2.24, 2.45) is 0 Å². The van der Waals surface area contributed by atoms with E-state index in [1.165, 1.54) is 0 Å². The fraction of sp³-hybridized carbons (Fsp3) is 0.526. The Balaban J connectivity index is 1.35. The lowest BCUT2D eigenvalue weighted by molar-refractivity contribution is -0.122. The first-order chi connectivity index (χ1) is 12.6. The molecule has 7 heteroatoms. The van der Waals surface area contributed by atoms with Crippen molar-refractivity contribution in [2.75, 3.05) is 32.7 Å². The van der Waals surface area contributed by atoms with Crippen LogP contribution in [0.15, 0.2) is 29.1 Å². The van der Waals surface area contributed by atoms with Crippen molar-refractivity contribution in [1.29, 1.82) is 0 Å². The van der Waals surface area contributed by atoms with Gasteiger partial charge in [-0.2, -0.15) is 0 Å². The highest BCUT2D eigenvalue weighted by molar-refractivity contribution is 5.78. The number of nitrogens with zero attached hydrogens (tertiary/aromatic N) is 4. The third-order valence-corrected chi connectivity index (χ3v) is 5.09. The number of carbonyl (C=O) groups is 1. The van der Waals surface area contributed by atoms with E-state index in [2.05, 4.69) is 20.1 Å². The molecule has 3 heterocycles. The molecular formula is C19H25N5O2. The average molecular weight is 355 g/mol. The predicted octanol–water partition coefficient (Wildman–Crippen LogP) is 0.399. The maximum Gasteiger partial charge on any atom is 0.258 e.